The Morgan fingerprint density at radius 2 is 2.25 bits per heavy atom. The fourth-order valence-electron chi connectivity index (χ4n) is 3.17. The molecular formula is C12H16O4. The Morgan fingerprint density at radius 3 is 2.88 bits per heavy atom. The molecular weight excluding hydrogens is 208 g/mol. The molecule has 0 saturated heterocycles. The van der Waals surface area contributed by atoms with Gasteiger partial charge >= 0.3 is 5.97 Å². The van der Waals surface area contributed by atoms with Crippen LogP contribution in [0.15, 0.2) is 12.7 Å². The Morgan fingerprint density at radius 1 is 1.50 bits per heavy atom. The van der Waals surface area contributed by atoms with E-state index in [1.54, 1.807) is 0 Å². The van der Waals surface area contributed by atoms with Gasteiger partial charge in [-0.1, -0.05) is 6.58 Å². The Labute approximate surface area is 94.6 Å². The van der Waals surface area contributed by atoms with E-state index in [2.05, 4.69) is 6.58 Å². The molecule has 4 nitrogen and oxygen atoms in total. The molecule has 4 atom stereocenters. The zero-order valence-electron chi connectivity index (χ0n) is 9.35. The van der Waals surface area contributed by atoms with Crippen LogP contribution in [0.4, 0.5) is 0 Å². The molecule has 0 aromatic rings. The quantitative estimate of drug-likeness (QED) is 0.412. The van der Waals surface area contributed by atoms with Gasteiger partial charge in [0.2, 0.25) is 0 Å². The Balaban J connectivity index is 2.17. The second-order valence-electron chi connectivity index (χ2n) is 4.73. The molecule has 2 aliphatic carbocycles. The van der Waals surface area contributed by atoms with Crippen LogP contribution >= 0.6 is 0 Å². The molecule has 2 fully saturated rings. The van der Waals surface area contributed by atoms with E-state index in [4.69, 9.17) is 9.47 Å². The molecule has 2 bridgehead atoms. The maximum absolute atomic E-state index is 11.3. The van der Waals surface area contributed by atoms with Crippen LogP contribution in [0.5, 0.6) is 0 Å². The van der Waals surface area contributed by atoms with E-state index in [1.165, 1.54) is 0 Å². The van der Waals surface area contributed by atoms with Crippen LogP contribution in [-0.2, 0) is 19.1 Å². The number of ether oxygens (including phenoxy) is 2. The molecule has 4 heteroatoms. The number of hydrogen-bond acceptors (Lipinski definition) is 4. The van der Waals surface area contributed by atoms with Crippen molar-refractivity contribution in [3.8, 4) is 0 Å². The minimum Gasteiger partial charge on any atom is -0.457 e. The topological polar surface area (TPSA) is 52.6 Å². The predicted molar refractivity (Wildman–Crippen MR) is 56.5 cm³/mol. The minimum absolute atomic E-state index is 0.310. The molecule has 0 aliphatic heterocycles. The van der Waals surface area contributed by atoms with E-state index in [0.29, 0.717) is 18.3 Å². The van der Waals surface area contributed by atoms with Crippen LogP contribution in [-0.4, -0.2) is 24.1 Å². The lowest BCUT2D eigenvalue weighted by Crippen LogP contribution is -2.48. The summed E-state index contributed by atoms with van der Waals surface area (Å²) in [5.41, 5.74) is -0.649. The summed E-state index contributed by atoms with van der Waals surface area (Å²) >= 11 is 0. The third-order valence-electron chi connectivity index (χ3n) is 3.99. The molecule has 0 spiro atoms. The van der Waals surface area contributed by atoms with Crippen molar-refractivity contribution in [3.63, 3.8) is 0 Å². The van der Waals surface area contributed by atoms with Gasteiger partial charge in [0.15, 0.2) is 0 Å². The highest BCUT2D eigenvalue weighted by Gasteiger charge is 2.59. The summed E-state index contributed by atoms with van der Waals surface area (Å²) < 4.78 is 10.5. The fraction of sp³-hybridized carbons (Fsp3) is 0.667. The van der Waals surface area contributed by atoms with Crippen molar-refractivity contribution < 1.29 is 19.1 Å². The van der Waals surface area contributed by atoms with E-state index in [0.717, 1.165) is 25.3 Å². The average Bonchev–Trinajstić information content (AvgIpc) is 2.82. The van der Waals surface area contributed by atoms with Crippen LogP contribution < -0.4 is 0 Å². The summed E-state index contributed by atoms with van der Waals surface area (Å²) in [7, 11) is 0. The number of hydrogen-bond donors (Lipinski definition) is 0. The van der Waals surface area contributed by atoms with Gasteiger partial charge in [0, 0.05) is 17.9 Å². The SMILES string of the molecule is C=CC(=O)OC1C2CCC(C2)C1(C)OC=O. The fourth-order valence-corrected chi connectivity index (χ4v) is 3.17. The van der Waals surface area contributed by atoms with Crippen molar-refractivity contribution in [2.45, 2.75) is 37.9 Å². The highest BCUT2D eigenvalue weighted by molar-refractivity contribution is 5.81. The van der Waals surface area contributed by atoms with Crippen LogP contribution in [0.2, 0.25) is 0 Å². The predicted octanol–water partition coefficient (Wildman–Crippen LogP) is 1.45. The maximum atomic E-state index is 11.3. The summed E-state index contributed by atoms with van der Waals surface area (Å²) in [6, 6.07) is 0. The van der Waals surface area contributed by atoms with Gasteiger partial charge in [-0.15, -0.1) is 0 Å². The summed E-state index contributed by atoms with van der Waals surface area (Å²) in [6.45, 7) is 5.68. The van der Waals surface area contributed by atoms with Crippen molar-refractivity contribution in [3.05, 3.63) is 12.7 Å². The Bertz CT molecular complexity index is 325. The molecule has 2 aliphatic rings. The van der Waals surface area contributed by atoms with Gasteiger partial charge in [-0.2, -0.15) is 0 Å². The number of rotatable bonds is 4. The van der Waals surface area contributed by atoms with E-state index in [9.17, 15) is 9.59 Å². The maximum Gasteiger partial charge on any atom is 0.330 e. The van der Waals surface area contributed by atoms with Gasteiger partial charge in [0.1, 0.15) is 11.7 Å². The van der Waals surface area contributed by atoms with Gasteiger partial charge in [-0.05, 0) is 26.2 Å². The van der Waals surface area contributed by atoms with Gasteiger partial charge in [0.25, 0.3) is 6.47 Å². The van der Waals surface area contributed by atoms with E-state index >= 15 is 0 Å². The summed E-state index contributed by atoms with van der Waals surface area (Å²) in [6.07, 6.45) is 3.88. The summed E-state index contributed by atoms with van der Waals surface area (Å²) in [5, 5.41) is 0. The second kappa shape index (κ2) is 3.92. The van der Waals surface area contributed by atoms with Crippen LogP contribution in [0, 0.1) is 11.8 Å². The second-order valence-corrected chi connectivity index (χ2v) is 4.73. The molecule has 0 aromatic heterocycles. The molecule has 0 radical (unpaired) electrons. The molecule has 2 saturated carbocycles. The lowest BCUT2D eigenvalue weighted by molar-refractivity contribution is -0.180. The normalized spacial score (nSPS) is 40.4. The van der Waals surface area contributed by atoms with Gasteiger partial charge in [-0.3, -0.25) is 4.79 Å². The van der Waals surface area contributed by atoms with Crippen molar-refractivity contribution in [2.75, 3.05) is 0 Å². The largest absolute Gasteiger partial charge is 0.457 e. The number of carbonyl (C=O) groups excluding carboxylic acids is 2. The zero-order chi connectivity index (χ0) is 11.8. The van der Waals surface area contributed by atoms with Crippen LogP contribution in [0.3, 0.4) is 0 Å². The first-order valence-electron chi connectivity index (χ1n) is 5.56. The third-order valence-corrected chi connectivity index (χ3v) is 3.99. The van der Waals surface area contributed by atoms with E-state index < -0.39 is 11.6 Å². The van der Waals surface area contributed by atoms with Crippen LogP contribution in [0.25, 0.3) is 0 Å². The molecule has 4 unspecified atom stereocenters. The molecule has 2 rings (SSSR count). The lowest BCUT2D eigenvalue weighted by atomic mass is 9.83. The number of carbonyl (C=O) groups is 2. The number of esters is 1. The third kappa shape index (κ3) is 1.52. The van der Waals surface area contributed by atoms with Crippen molar-refractivity contribution in [2.24, 2.45) is 11.8 Å². The standard InChI is InChI=1S/C12H16O4/c1-3-10(14)16-11-8-4-5-9(6-8)12(11,2)15-7-13/h3,7-9,11H,1,4-6H2,2H3. The molecule has 0 aromatic carbocycles. The van der Waals surface area contributed by atoms with E-state index in [-0.39, 0.29) is 6.10 Å². The van der Waals surface area contributed by atoms with Crippen molar-refractivity contribution in [1.82, 2.24) is 0 Å². The van der Waals surface area contributed by atoms with Crippen molar-refractivity contribution >= 4 is 12.4 Å². The zero-order valence-corrected chi connectivity index (χ0v) is 9.35. The highest BCUT2D eigenvalue weighted by Crippen LogP contribution is 2.53. The minimum atomic E-state index is -0.649. The number of fused-ring (bicyclic) bond motifs is 2. The van der Waals surface area contributed by atoms with Gasteiger partial charge < -0.3 is 9.47 Å². The summed E-state index contributed by atoms with van der Waals surface area (Å²) in [5.74, 6) is 0.183. The Kier molecular flexibility index (Phi) is 2.74. The molecule has 16 heavy (non-hydrogen) atoms. The molecule has 88 valence electrons. The van der Waals surface area contributed by atoms with Crippen molar-refractivity contribution in [1.29, 1.82) is 0 Å². The smallest absolute Gasteiger partial charge is 0.330 e. The lowest BCUT2D eigenvalue weighted by Gasteiger charge is -2.38. The molecule has 0 amide bonds. The van der Waals surface area contributed by atoms with Gasteiger partial charge in [-0.25, -0.2) is 4.79 Å². The molecule has 0 N–H and O–H groups in total. The highest BCUT2D eigenvalue weighted by atomic mass is 16.6. The summed E-state index contributed by atoms with van der Waals surface area (Å²) in [4.78, 5) is 21.8. The first kappa shape index (κ1) is 11.2. The molecule has 0 heterocycles. The first-order chi connectivity index (χ1) is 7.61. The Hall–Kier alpha value is -1.32. The average molecular weight is 224 g/mol. The van der Waals surface area contributed by atoms with E-state index in [1.807, 2.05) is 6.92 Å². The van der Waals surface area contributed by atoms with Crippen LogP contribution in [0.1, 0.15) is 26.2 Å². The first-order valence-corrected chi connectivity index (χ1v) is 5.56. The monoisotopic (exact) mass is 224 g/mol. The van der Waals surface area contributed by atoms with Gasteiger partial charge in [0.05, 0.1) is 0 Å².